The number of halogens is 1. The highest BCUT2D eigenvalue weighted by Gasteiger charge is 2.13. The molecule has 0 spiro atoms. The molecule has 0 bridgehead atoms. The predicted molar refractivity (Wildman–Crippen MR) is 64.5 cm³/mol. The molecule has 0 fully saturated rings. The molecule has 0 atom stereocenters. The number of esters is 1. The zero-order valence-corrected chi connectivity index (χ0v) is 10.6. The molecule has 0 saturated heterocycles. The van der Waals surface area contributed by atoms with E-state index in [1.54, 1.807) is 6.92 Å². The fourth-order valence-corrected chi connectivity index (χ4v) is 2.11. The number of nitrogens with zero attached hydrogens (tertiary/aromatic N) is 1. The fraction of sp³-hybridized carbons (Fsp3) is 0.273. The Kier molecular flexibility index (Phi) is 2.96. The van der Waals surface area contributed by atoms with E-state index in [0.29, 0.717) is 6.61 Å². The Balaban J connectivity index is 2.51. The molecule has 0 saturated carbocycles. The minimum absolute atomic E-state index is 0.248. The third-order valence-corrected chi connectivity index (χ3v) is 2.67. The van der Waals surface area contributed by atoms with Crippen LogP contribution in [-0.2, 0) is 4.74 Å². The molecule has 4 nitrogen and oxygen atoms in total. The van der Waals surface area contributed by atoms with E-state index in [1.807, 2.05) is 19.1 Å². The van der Waals surface area contributed by atoms with Gasteiger partial charge in [-0.15, -0.1) is 0 Å². The summed E-state index contributed by atoms with van der Waals surface area (Å²) < 4.78 is 5.84. The van der Waals surface area contributed by atoms with Crippen molar-refractivity contribution in [1.29, 1.82) is 0 Å². The summed E-state index contributed by atoms with van der Waals surface area (Å²) in [6.07, 6.45) is 0. The maximum Gasteiger partial charge on any atom is 0.374 e. The van der Waals surface area contributed by atoms with Crippen LogP contribution in [0.3, 0.4) is 0 Å². The molecule has 0 radical (unpaired) electrons. The Morgan fingerprint density at radius 1 is 1.56 bits per heavy atom. The number of rotatable bonds is 2. The largest absolute Gasteiger partial charge is 0.460 e. The third-order valence-electron chi connectivity index (χ3n) is 2.21. The molecule has 84 valence electrons. The van der Waals surface area contributed by atoms with Crippen molar-refractivity contribution in [2.75, 3.05) is 6.61 Å². The monoisotopic (exact) mass is 282 g/mol. The molecule has 1 aromatic carbocycles. The Hall–Kier alpha value is -1.36. The van der Waals surface area contributed by atoms with E-state index in [2.05, 4.69) is 25.9 Å². The molecule has 0 amide bonds. The predicted octanol–water partition coefficient (Wildman–Crippen LogP) is 2.81. The van der Waals surface area contributed by atoms with Crippen molar-refractivity contribution in [3.8, 4) is 0 Å². The summed E-state index contributed by atoms with van der Waals surface area (Å²) in [6, 6.07) is 3.84. The van der Waals surface area contributed by atoms with Crippen molar-refractivity contribution in [3.05, 3.63) is 28.0 Å². The van der Waals surface area contributed by atoms with Crippen molar-refractivity contribution in [2.45, 2.75) is 13.8 Å². The summed E-state index contributed by atoms with van der Waals surface area (Å²) >= 11 is 3.40. The topological polar surface area (TPSA) is 55.0 Å². The Morgan fingerprint density at radius 2 is 2.31 bits per heavy atom. The highest BCUT2D eigenvalue weighted by atomic mass is 79.9. The lowest BCUT2D eigenvalue weighted by Crippen LogP contribution is -2.06. The number of imidazole rings is 1. The number of H-pyrrole nitrogens is 1. The number of ether oxygens (including phenoxy) is 1. The molecule has 0 aliphatic carbocycles. The van der Waals surface area contributed by atoms with Crippen LogP contribution in [0, 0.1) is 6.92 Å². The van der Waals surface area contributed by atoms with Gasteiger partial charge in [0.05, 0.1) is 17.6 Å². The van der Waals surface area contributed by atoms with Crippen LogP contribution in [0.25, 0.3) is 11.0 Å². The molecule has 1 heterocycles. The second-order valence-electron chi connectivity index (χ2n) is 3.42. The van der Waals surface area contributed by atoms with Gasteiger partial charge in [0.25, 0.3) is 0 Å². The number of carbonyl (C=O) groups is 1. The fourth-order valence-electron chi connectivity index (χ4n) is 1.54. The van der Waals surface area contributed by atoms with E-state index in [-0.39, 0.29) is 5.82 Å². The van der Waals surface area contributed by atoms with Crippen LogP contribution >= 0.6 is 15.9 Å². The Labute approximate surface area is 101 Å². The van der Waals surface area contributed by atoms with Crippen LogP contribution in [0.1, 0.15) is 23.1 Å². The number of carbonyl (C=O) groups excluding carboxylic acids is 1. The number of nitrogens with one attached hydrogen (secondary N) is 1. The van der Waals surface area contributed by atoms with Crippen LogP contribution in [0.2, 0.25) is 0 Å². The normalized spacial score (nSPS) is 10.7. The van der Waals surface area contributed by atoms with Gasteiger partial charge in [-0.25, -0.2) is 9.78 Å². The number of aryl methyl sites for hydroxylation is 1. The number of hydrogen-bond acceptors (Lipinski definition) is 3. The minimum Gasteiger partial charge on any atom is -0.460 e. The molecule has 1 aromatic heterocycles. The molecule has 16 heavy (non-hydrogen) atoms. The SMILES string of the molecule is CCOC(=O)c1nc2c(C)cc(Br)cc2[nH]1. The van der Waals surface area contributed by atoms with Gasteiger partial charge in [0, 0.05) is 4.47 Å². The zero-order valence-electron chi connectivity index (χ0n) is 9.00. The smallest absolute Gasteiger partial charge is 0.374 e. The summed E-state index contributed by atoms with van der Waals surface area (Å²) in [4.78, 5) is 18.6. The van der Waals surface area contributed by atoms with E-state index in [0.717, 1.165) is 21.1 Å². The second kappa shape index (κ2) is 4.25. The second-order valence-corrected chi connectivity index (χ2v) is 4.34. The van der Waals surface area contributed by atoms with E-state index in [4.69, 9.17) is 4.74 Å². The molecule has 0 aliphatic rings. The average molecular weight is 283 g/mol. The maximum atomic E-state index is 11.5. The van der Waals surface area contributed by atoms with Gasteiger partial charge in [-0.2, -0.15) is 0 Å². The lowest BCUT2D eigenvalue weighted by atomic mass is 10.2. The van der Waals surface area contributed by atoms with E-state index >= 15 is 0 Å². The first-order valence-electron chi connectivity index (χ1n) is 4.94. The Bertz CT molecular complexity index is 548. The number of aromatic nitrogens is 2. The van der Waals surface area contributed by atoms with Crippen LogP contribution in [-0.4, -0.2) is 22.5 Å². The van der Waals surface area contributed by atoms with E-state index in [1.165, 1.54) is 0 Å². The molecular formula is C11H11BrN2O2. The average Bonchev–Trinajstić information content (AvgIpc) is 2.62. The van der Waals surface area contributed by atoms with Crippen molar-refractivity contribution in [1.82, 2.24) is 9.97 Å². The first-order chi connectivity index (χ1) is 7.61. The number of benzene rings is 1. The van der Waals surface area contributed by atoms with Gasteiger partial charge in [-0.3, -0.25) is 0 Å². The molecule has 0 unspecified atom stereocenters. The highest BCUT2D eigenvalue weighted by Crippen LogP contribution is 2.22. The van der Waals surface area contributed by atoms with Gasteiger partial charge < -0.3 is 9.72 Å². The van der Waals surface area contributed by atoms with Crippen LogP contribution in [0.4, 0.5) is 0 Å². The van der Waals surface area contributed by atoms with Gasteiger partial charge in [0.1, 0.15) is 0 Å². The van der Waals surface area contributed by atoms with Crippen molar-refractivity contribution < 1.29 is 9.53 Å². The summed E-state index contributed by atoms with van der Waals surface area (Å²) in [5, 5.41) is 0. The van der Waals surface area contributed by atoms with Gasteiger partial charge in [-0.05, 0) is 31.5 Å². The molecule has 1 N–H and O–H groups in total. The van der Waals surface area contributed by atoms with Crippen molar-refractivity contribution >= 4 is 32.9 Å². The van der Waals surface area contributed by atoms with Crippen molar-refractivity contribution in [2.24, 2.45) is 0 Å². The quantitative estimate of drug-likeness (QED) is 0.862. The molecular weight excluding hydrogens is 272 g/mol. The lowest BCUT2D eigenvalue weighted by molar-refractivity contribution is 0.0514. The molecule has 2 rings (SSSR count). The zero-order chi connectivity index (χ0) is 11.7. The molecule has 0 aliphatic heterocycles. The first-order valence-corrected chi connectivity index (χ1v) is 5.74. The van der Waals surface area contributed by atoms with Gasteiger partial charge in [0.2, 0.25) is 5.82 Å². The van der Waals surface area contributed by atoms with E-state index < -0.39 is 5.97 Å². The lowest BCUT2D eigenvalue weighted by Gasteiger charge is -1.95. The molecule has 2 aromatic rings. The van der Waals surface area contributed by atoms with Crippen LogP contribution in [0.15, 0.2) is 16.6 Å². The molecule has 5 heteroatoms. The minimum atomic E-state index is -0.422. The summed E-state index contributed by atoms with van der Waals surface area (Å²) in [5.74, 6) is -0.174. The van der Waals surface area contributed by atoms with Gasteiger partial charge in [0.15, 0.2) is 0 Å². The summed E-state index contributed by atoms with van der Waals surface area (Å²) in [7, 11) is 0. The third kappa shape index (κ3) is 1.95. The van der Waals surface area contributed by atoms with Crippen molar-refractivity contribution in [3.63, 3.8) is 0 Å². The first kappa shape index (κ1) is 11.1. The summed E-state index contributed by atoms with van der Waals surface area (Å²) in [6.45, 7) is 4.06. The van der Waals surface area contributed by atoms with Crippen LogP contribution < -0.4 is 0 Å². The van der Waals surface area contributed by atoms with E-state index in [9.17, 15) is 4.79 Å². The van der Waals surface area contributed by atoms with Crippen LogP contribution in [0.5, 0.6) is 0 Å². The maximum absolute atomic E-state index is 11.5. The number of fused-ring (bicyclic) bond motifs is 1. The highest BCUT2D eigenvalue weighted by molar-refractivity contribution is 9.10. The number of hydrogen-bond donors (Lipinski definition) is 1. The van der Waals surface area contributed by atoms with Gasteiger partial charge in [-0.1, -0.05) is 15.9 Å². The van der Waals surface area contributed by atoms with Gasteiger partial charge >= 0.3 is 5.97 Å². The number of aromatic amines is 1. The summed E-state index contributed by atoms with van der Waals surface area (Å²) in [5.41, 5.74) is 2.64. The standard InChI is InChI=1S/C11H11BrN2O2/c1-3-16-11(15)10-13-8-5-7(12)4-6(2)9(8)14-10/h4-5H,3H2,1-2H3,(H,13,14). The Morgan fingerprint density at radius 3 is 3.00 bits per heavy atom.